The molecule has 1 unspecified atom stereocenters. The number of carbonyl (C=O) groups excluding carboxylic acids is 3. The summed E-state index contributed by atoms with van der Waals surface area (Å²) in [5, 5.41) is 8.45. The summed E-state index contributed by atoms with van der Waals surface area (Å²) < 4.78 is 0. The van der Waals surface area contributed by atoms with E-state index < -0.39 is 0 Å². The normalized spacial score (nSPS) is 14.7. The molecule has 0 heterocycles. The van der Waals surface area contributed by atoms with Crippen LogP contribution in [0.4, 0.5) is 11.4 Å². The van der Waals surface area contributed by atoms with E-state index >= 15 is 0 Å². The Morgan fingerprint density at radius 2 is 1.68 bits per heavy atom. The van der Waals surface area contributed by atoms with E-state index in [2.05, 4.69) is 16.0 Å². The van der Waals surface area contributed by atoms with E-state index in [0.717, 1.165) is 12.8 Å². The van der Waals surface area contributed by atoms with Crippen molar-refractivity contribution in [1.82, 2.24) is 10.2 Å². The molecule has 2 rings (SSSR count). The topological polar surface area (TPSA) is 90.5 Å². The van der Waals surface area contributed by atoms with E-state index in [-0.39, 0.29) is 30.3 Å². The number of anilines is 2. The van der Waals surface area contributed by atoms with Gasteiger partial charge in [-0.05, 0) is 50.6 Å². The summed E-state index contributed by atoms with van der Waals surface area (Å²) in [6.07, 6.45) is 2.08. The van der Waals surface area contributed by atoms with Crippen molar-refractivity contribution in [3.63, 3.8) is 0 Å². The minimum atomic E-state index is -0.349. The van der Waals surface area contributed by atoms with Crippen LogP contribution in [0.2, 0.25) is 0 Å². The predicted molar refractivity (Wildman–Crippen MR) is 97.2 cm³/mol. The molecule has 1 atom stereocenters. The highest BCUT2D eigenvalue weighted by molar-refractivity contribution is 5.93. The monoisotopic (exact) mass is 346 g/mol. The Balaban J connectivity index is 1.86. The maximum Gasteiger partial charge on any atom is 0.238 e. The Labute approximate surface area is 148 Å². The van der Waals surface area contributed by atoms with Crippen LogP contribution in [0.25, 0.3) is 0 Å². The zero-order valence-corrected chi connectivity index (χ0v) is 15.0. The molecule has 1 aliphatic rings. The Morgan fingerprint density at radius 1 is 1.12 bits per heavy atom. The summed E-state index contributed by atoms with van der Waals surface area (Å²) >= 11 is 0. The first-order valence-corrected chi connectivity index (χ1v) is 8.61. The van der Waals surface area contributed by atoms with E-state index in [1.165, 1.54) is 6.92 Å². The van der Waals surface area contributed by atoms with Crippen LogP contribution < -0.4 is 16.0 Å². The summed E-state index contributed by atoms with van der Waals surface area (Å²) in [5.74, 6) is -0.356. The Morgan fingerprint density at radius 3 is 2.16 bits per heavy atom. The van der Waals surface area contributed by atoms with Crippen LogP contribution in [-0.4, -0.2) is 47.8 Å². The van der Waals surface area contributed by atoms with Crippen molar-refractivity contribution in [2.75, 3.05) is 23.7 Å². The second-order valence-corrected chi connectivity index (χ2v) is 6.33. The number of rotatable bonds is 8. The van der Waals surface area contributed by atoms with Crippen molar-refractivity contribution >= 4 is 29.1 Å². The number of nitrogens with one attached hydrogen (secondary N) is 3. The first kappa shape index (κ1) is 18.9. The molecular formula is C18H26N4O3. The van der Waals surface area contributed by atoms with Gasteiger partial charge in [-0.15, -0.1) is 0 Å². The number of hydrogen-bond donors (Lipinski definition) is 3. The minimum absolute atomic E-state index is 0.0307. The Bertz CT molecular complexity index is 626. The van der Waals surface area contributed by atoms with Crippen LogP contribution in [-0.2, 0) is 14.4 Å². The minimum Gasteiger partial charge on any atom is -0.352 e. The Hall–Kier alpha value is -2.41. The smallest absolute Gasteiger partial charge is 0.238 e. The summed E-state index contributed by atoms with van der Waals surface area (Å²) in [4.78, 5) is 37.2. The third-order valence-corrected chi connectivity index (χ3v) is 4.09. The third-order valence-electron chi connectivity index (χ3n) is 4.09. The molecule has 0 spiro atoms. The largest absolute Gasteiger partial charge is 0.352 e. The van der Waals surface area contributed by atoms with Crippen LogP contribution in [0.1, 0.15) is 33.6 Å². The third kappa shape index (κ3) is 6.19. The molecule has 3 amide bonds. The molecule has 25 heavy (non-hydrogen) atoms. The molecule has 0 bridgehead atoms. The van der Waals surface area contributed by atoms with Gasteiger partial charge in [-0.3, -0.25) is 19.3 Å². The molecule has 0 aromatic heterocycles. The number of hydrogen-bond acceptors (Lipinski definition) is 4. The van der Waals surface area contributed by atoms with Crippen molar-refractivity contribution in [2.24, 2.45) is 0 Å². The van der Waals surface area contributed by atoms with Gasteiger partial charge in [0.2, 0.25) is 17.7 Å². The molecule has 1 aromatic rings. The lowest BCUT2D eigenvalue weighted by Crippen LogP contribution is -2.48. The standard InChI is InChI=1S/C18H26N4O3/c1-4-22(12(2)18(25)21-16-9-10-16)11-17(24)20-15-7-5-14(6-8-15)19-13(3)23/h5-8,12,16H,4,9-11H2,1-3H3,(H,19,23)(H,20,24)(H,21,25). The lowest BCUT2D eigenvalue weighted by molar-refractivity contribution is -0.127. The second kappa shape index (κ2) is 8.62. The number of likely N-dealkylation sites (N-methyl/N-ethyl adjacent to an activating group) is 1. The highest BCUT2D eigenvalue weighted by Gasteiger charge is 2.28. The van der Waals surface area contributed by atoms with Crippen molar-refractivity contribution in [3.8, 4) is 0 Å². The average Bonchev–Trinajstić information content (AvgIpc) is 3.37. The fourth-order valence-corrected chi connectivity index (χ4v) is 2.46. The van der Waals surface area contributed by atoms with Gasteiger partial charge < -0.3 is 16.0 Å². The molecule has 1 saturated carbocycles. The van der Waals surface area contributed by atoms with Crippen LogP contribution in [0.15, 0.2) is 24.3 Å². The van der Waals surface area contributed by atoms with Gasteiger partial charge in [0, 0.05) is 24.3 Å². The van der Waals surface area contributed by atoms with Gasteiger partial charge in [-0.1, -0.05) is 6.92 Å². The van der Waals surface area contributed by atoms with E-state index in [4.69, 9.17) is 0 Å². The highest BCUT2D eigenvalue weighted by atomic mass is 16.2. The van der Waals surface area contributed by atoms with Crippen LogP contribution >= 0.6 is 0 Å². The molecule has 3 N–H and O–H groups in total. The SMILES string of the molecule is CCN(CC(=O)Nc1ccc(NC(C)=O)cc1)C(C)C(=O)NC1CC1. The van der Waals surface area contributed by atoms with Gasteiger partial charge in [0.15, 0.2) is 0 Å². The number of benzene rings is 1. The average molecular weight is 346 g/mol. The number of carbonyl (C=O) groups is 3. The summed E-state index contributed by atoms with van der Waals surface area (Å²) in [5.41, 5.74) is 1.32. The second-order valence-electron chi connectivity index (χ2n) is 6.33. The highest BCUT2D eigenvalue weighted by Crippen LogP contribution is 2.19. The van der Waals surface area contributed by atoms with Crippen LogP contribution in [0.5, 0.6) is 0 Å². The lowest BCUT2D eigenvalue weighted by Gasteiger charge is -2.26. The lowest BCUT2D eigenvalue weighted by atomic mass is 10.2. The van der Waals surface area contributed by atoms with E-state index in [1.807, 2.05) is 18.7 Å². The van der Waals surface area contributed by atoms with Crippen LogP contribution in [0, 0.1) is 0 Å². The van der Waals surface area contributed by atoms with Crippen molar-refractivity contribution in [3.05, 3.63) is 24.3 Å². The summed E-state index contributed by atoms with van der Waals surface area (Å²) in [6.45, 7) is 5.93. The maximum atomic E-state index is 12.3. The molecule has 0 aliphatic heterocycles. The first-order chi connectivity index (χ1) is 11.9. The number of amides is 3. The van der Waals surface area contributed by atoms with E-state index in [9.17, 15) is 14.4 Å². The van der Waals surface area contributed by atoms with E-state index in [1.54, 1.807) is 24.3 Å². The van der Waals surface area contributed by atoms with Gasteiger partial charge in [0.05, 0.1) is 12.6 Å². The number of nitrogens with zero attached hydrogens (tertiary/aromatic N) is 1. The molecule has 1 aromatic carbocycles. The van der Waals surface area contributed by atoms with Crippen LogP contribution in [0.3, 0.4) is 0 Å². The van der Waals surface area contributed by atoms with Crippen molar-refractivity contribution in [2.45, 2.75) is 45.7 Å². The molecule has 7 nitrogen and oxygen atoms in total. The molecule has 7 heteroatoms. The quantitative estimate of drug-likeness (QED) is 0.666. The molecule has 136 valence electrons. The van der Waals surface area contributed by atoms with E-state index in [0.29, 0.717) is 24.0 Å². The van der Waals surface area contributed by atoms with Gasteiger partial charge in [0.25, 0.3) is 0 Å². The van der Waals surface area contributed by atoms with Gasteiger partial charge in [-0.2, -0.15) is 0 Å². The van der Waals surface area contributed by atoms with Gasteiger partial charge >= 0.3 is 0 Å². The fourth-order valence-electron chi connectivity index (χ4n) is 2.46. The fraction of sp³-hybridized carbons (Fsp3) is 0.500. The van der Waals surface area contributed by atoms with Crippen molar-refractivity contribution < 1.29 is 14.4 Å². The molecule has 1 aliphatic carbocycles. The zero-order valence-electron chi connectivity index (χ0n) is 15.0. The van der Waals surface area contributed by atoms with Gasteiger partial charge in [0.1, 0.15) is 0 Å². The van der Waals surface area contributed by atoms with Crippen molar-refractivity contribution in [1.29, 1.82) is 0 Å². The summed E-state index contributed by atoms with van der Waals surface area (Å²) in [7, 11) is 0. The van der Waals surface area contributed by atoms with Gasteiger partial charge in [-0.25, -0.2) is 0 Å². The molecule has 1 fully saturated rings. The molecule has 0 saturated heterocycles. The molecule has 0 radical (unpaired) electrons. The maximum absolute atomic E-state index is 12.3. The zero-order chi connectivity index (χ0) is 18.4. The summed E-state index contributed by atoms with van der Waals surface area (Å²) in [6, 6.07) is 6.86. The Kier molecular flexibility index (Phi) is 6.52. The predicted octanol–water partition coefficient (Wildman–Crippen LogP) is 1.57. The molecular weight excluding hydrogens is 320 g/mol. The first-order valence-electron chi connectivity index (χ1n) is 8.61.